The second kappa shape index (κ2) is 14.1. The Kier molecular flexibility index (Phi) is 13.5. The summed E-state index contributed by atoms with van der Waals surface area (Å²) in [6.45, 7) is 8.32. The Morgan fingerprint density at radius 1 is 1.08 bits per heavy atom. The standard InChI is InChI=1S/C18H35N5O2.HI/c1-5-19-18(22(4)14-17(25)23(6-2)7-3)20-13-16(24)21-15-11-9-8-10-12-15;/h15H,5-14H2,1-4H3,(H,19,20)(H,21,24);1H. The van der Waals surface area contributed by atoms with Gasteiger partial charge in [0.2, 0.25) is 11.8 Å². The Balaban J connectivity index is 0.00000625. The second-order valence-electron chi connectivity index (χ2n) is 6.49. The summed E-state index contributed by atoms with van der Waals surface area (Å²) < 4.78 is 0. The van der Waals surface area contributed by atoms with Crippen LogP contribution in [0.3, 0.4) is 0 Å². The van der Waals surface area contributed by atoms with E-state index in [4.69, 9.17) is 0 Å². The highest BCUT2D eigenvalue weighted by Crippen LogP contribution is 2.17. The molecule has 0 spiro atoms. The third-order valence-corrected chi connectivity index (χ3v) is 4.53. The molecule has 0 aromatic rings. The highest BCUT2D eigenvalue weighted by atomic mass is 127. The summed E-state index contributed by atoms with van der Waals surface area (Å²) in [5, 5.41) is 6.21. The number of rotatable bonds is 8. The molecule has 0 aromatic carbocycles. The predicted octanol–water partition coefficient (Wildman–Crippen LogP) is 1.82. The van der Waals surface area contributed by atoms with E-state index in [0.29, 0.717) is 31.6 Å². The fraction of sp³-hybridized carbons (Fsp3) is 0.833. The molecule has 1 aliphatic rings. The summed E-state index contributed by atoms with van der Waals surface area (Å²) in [6, 6.07) is 0.293. The minimum absolute atomic E-state index is 0. The number of hydrogen-bond donors (Lipinski definition) is 2. The highest BCUT2D eigenvalue weighted by molar-refractivity contribution is 14.0. The number of likely N-dealkylation sites (N-methyl/N-ethyl adjacent to an activating group) is 2. The number of guanidine groups is 1. The topological polar surface area (TPSA) is 77.0 Å². The summed E-state index contributed by atoms with van der Waals surface area (Å²) >= 11 is 0. The summed E-state index contributed by atoms with van der Waals surface area (Å²) in [4.78, 5) is 32.3. The lowest BCUT2D eigenvalue weighted by Crippen LogP contribution is -2.46. The number of hydrogen-bond acceptors (Lipinski definition) is 3. The van der Waals surface area contributed by atoms with Crippen molar-refractivity contribution in [3.8, 4) is 0 Å². The van der Waals surface area contributed by atoms with Gasteiger partial charge in [0.05, 0.1) is 6.54 Å². The van der Waals surface area contributed by atoms with Crippen molar-refractivity contribution in [1.82, 2.24) is 20.4 Å². The molecule has 152 valence electrons. The van der Waals surface area contributed by atoms with Gasteiger partial charge in [0.1, 0.15) is 6.54 Å². The molecule has 0 aromatic heterocycles. The molecule has 0 saturated heterocycles. The molecule has 0 aliphatic heterocycles. The summed E-state index contributed by atoms with van der Waals surface area (Å²) in [5.74, 6) is 0.595. The second-order valence-corrected chi connectivity index (χ2v) is 6.49. The quantitative estimate of drug-likeness (QED) is 0.315. The smallest absolute Gasteiger partial charge is 0.242 e. The van der Waals surface area contributed by atoms with Crippen LogP contribution in [0, 0.1) is 0 Å². The molecule has 0 radical (unpaired) electrons. The minimum atomic E-state index is -0.0502. The van der Waals surface area contributed by atoms with Gasteiger partial charge in [-0.25, -0.2) is 4.99 Å². The van der Waals surface area contributed by atoms with Crippen LogP contribution in [0.4, 0.5) is 0 Å². The monoisotopic (exact) mass is 481 g/mol. The third kappa shape index (κ3) is 9.05. The first kappa shape index (κ1) is 24.9. The summed E-state index contributed by atoms with van der Waals surface area (Å²) in [5.41, 5.74) is 0. The summed E-state index contributed by atoms with van der Waals surface area (Å²) in [7, 11) is 1.82. The Morgan fingerprint density at radius 2 is 1.69 bits per heavy atom. The van der Waals surface area contributed by atoms with Crippen molar-refractivity contribution in [2.24, 2.45) is 4.99 Å². The highest BCUT2D eigenvalue weighted by Gasteiger charge is 2.17. The van der Waals surface area contributed by atoms with Crippen LogP contribution in [-0.4, -0.2) is 73.4 Å². The summed E-state index contributed by atoms with van der Waals surface area (Å²) in [6.07, 6.45) is 5.77. The number of amides is 2. The van der Waals surface area contributed by atoms with Crippen molar-refractivity contribution >= 4 is 41.8 Å². The van der Waals surface area contributed by atoms with Gasteiger partial charge in [0.15, 0.2) is 5.96 Å². The minimum Gasteiger partial charge on any atom is -0.356 e. The molecule has 1 aliphatic carbocycles. The van der Waals surface area contributed by atoms with E-state index >= 15 is 0 Å². The number of halogens is 1. The van der Waals surface area contributed by atoms with Gasteiger partial charge < -0.3 is 20.4 Å². The van der Waals surface area contributed by atoms with E-state index in [1.165, 1.54) is 19.3 Å². The first-order valence-corrected chi connectivity index (χ1v) is 9.58. The van der Waals surface area contributed by atoms with Crippen molar-refractivity contribution in [3.05, 3.63) is 0 Å². The van der Waals surface area contributed by atoms with Gasteiger partial charge in [0, 0.05) is 32.7 Å². The van der Waals surface area contributed by atoms with Crippen LogP contribution < -0.4 is 10.6 Å². The van der Waals surface area contributed by atoms with E-state index in [1.807, 2.05) is 27.8 Å². The zero-order valence-corrected chi connectivity index (χ0v) is 19.0. The number of aliphatic imine (C=N–C) groups is 1. The first-order valence-electron chi connectivity index (χ1n) is 9.58. The molecular weight excluding hydrogens is 445 g/mol. The molecule has 2 amide bonds. The van der Waals surface area contributed by atoms with Gasteiger partial charge in [0.25, 0.3) is 0 Å². The van der Waals surface area contributed by atoms with E-state index < -0.39 is 0 Å². The van der Waals surface area contributed by atoms with Crippen molar-refractivity contribution < 1.29 is 9.59 Å². The van der Waals surface area contributed by atoms with Crippen molar-refractivity contribution in [3.63, 3.8) is 0 Å². The van der Waals surface area contributed by atoms with Gasteiger partial charge in [-0.3, -0.25) is 9.59 Å². The van der Waals surface area contributed by atoms with E-state index in [1.54, 1.807) is 9.80 Å². The van der Waals surface area contributed by atoms with Gasteiger partial charge in [-0.2, -0.15) is 0 Å². The molecule has 0 bridgehead atoms. The van der Waals surface area contributed by atoms with E-state index in [9.17, 15) is 9.59 Å². The third-order valence-electron chi connectivity index (χ3n) is 4.53. The SMILES string of the molecule is CCNC(=NCC(=O)NC1CCCCC1)N(C)CC(=O)N(CC)CC.I. The van der Waals surface area contributed by atoms with Crippen LogP contribution in [0.5, 0.6) is 0 Å². The van der Waals surface area contributed by atoms with Gasteiger partial charge >= 0.3 is 0 Å². The normalized spacial score (nSPS) is 15.0. The number of carbonyl (C=O) groups excluding carboxylic acids is 2. The molecule has 7 nitrogen and oxygen atoms in total. The number of nitrogens with one attached hydrogen (secondary N) is 2. The molecular formula is C18H36IN5O2. The van der Waals surface area contributed by atoms with E-state index in [2.05, 4.69) is 15.6 Å². The van der Waals surface area contributed by atoms with Crippen LogP contribution in [0.25, 0.3) is 0 Å². The molecule has 2 N–H and O–H groups in total. The molecule has 0 atom stereocenters. The molecule has 1 rings (SSSR count). The molecule has 1 fully saturated rings. The number of nitrogens with zero attached hydrogens (tertiary/aromatic N) is 3. The van der Waals surface area contributed by atoms with E-state index in [0.717, 1.165) is 12.8 Å². The maximum absolute atomic E-state index is 12.2. The fourth-order valence-corrected chi connectivity index (χ4v) is 3.09. The zero-order chi connectivity index (χ0) is 18.7. The molecule has 0 unspecified atom stereocenters. The average molecular weight is 481 g/mol. The maximum atomic E-state index is 12.2. The molecule has 8 heteroatoms. The molecule has 1 saturated carbocycles. The van der Waals surface area contributed by atoms with Crippen LogP contribution in [-0.2, 0) is 9.59 Å². The Bertz CT molecular complexity index is 449. The number of carbonyl (C=O) groups is 2. The lowest BCUT2D eigenvalue weighted by molar-refractivity contribution is -0.131. The van der Waals surface area contributed by atoms with E-state index in [-0.39, 0.29) is 48.9 Å². The van der Waals surface area contributed by atoms with Gasteiger partial charge in [-0.05, 0) is 33.6 Å². The Labute approximate surface area is 175 Å². The van der Waals surface area contributed by atoms with Crippen molar-refractivity contribution in [2.45, 2.75) is 58.9 Å². The largest absolute Gasteiger partial charge is 0.356 e. The molecule has 0 heterocycles. The van der Waals surface area contributed by atoms with Crippen molar-refractivity contribution in [2.75, 3.05) is 39.8 Å². The van der Waals surface area contributed by atoms with Crippen LogP contribution in [0.2, 0.25) is 0 Å². The van der Waals surface area contributed by atoms with Gasteiger partial charge in [-0.1, -0.05) is 19.3 Å². The average Bonchev–Trinajstić information content (AvgIpc) is 2.60. The predicted molar refractivity (Wildman–Crippen MR) is 117 cm³/mol. The zero-order valence-electron chi connectivity index (χ0n) is 16.7. The van der Waals surface area contributed by atoms with Crippen LogP contribution in [0.15, 0.2) is 4.99 Å². The van der Waals surface area contributed by atoms with Crippen molar-refractivity contribution in [1.29, 1.82) is 0 Å². The van der Waals surface area contributed by atoms with Crippen LogP contribution in [0.1, 0.15) is 52.9 Å². The lowest BCUT2D eigenvalue weighted by Gasteiger charge is -2.26. The van der Waals surface area contributed by atoms with Crippen LogP contribution >= 0.6 is 24.0 Å². The molecule has 26 heavy (non-hydrogen) atoms. The lowest BCUT2D eigenvalue weighted by atomic mass is 9.95. The first-order chi connectivity index (χ1) is 12.0. The van der Waals surface area contributed by atoms with Gasteiger partial charge in [-0.15, -0.1) is 24.0 Å². The Morgan fingerprint density at radius 3 is 2.23 bits per heavy atom. The Hall–Kier alpha value is -1.06. The maximum Gasteiger partial charge on any atom is 0.242 e. The fourth-order valence-electron chi connectivity index (χ4n) is 3.09.